The summed E-state index contributed by atoms with van der Waals surface area (Å²) in [5.41, 5.74) is 0.299. The van der Waals surface area contributed by atoms with Gasteiger partial charge in [0, 0.05) is 158 Å². The van der Waals surface area contributed by atoms with Crippen LogP contribution in [-0.2, 0) is 127 Å². The van der Waals surface area contributed by atoms with Crippen LogP contribution in [0.1, 0.15) is 47.1 Å². The number of hydrogen-bond acceptors (Lipinski definition) is 13. The Morgan fingerprint density at radius 2 is 1.07 bits per heavy atom. The Hall–Kier alpha value is -1.59. The van der Waals surface area contributed by atoms with Crippen LogP contribution in [0.4, 0.5) is 14.4 Å². The first-order chi connectivity index (χ1) is 25.0. The minimum atomic E-state index is -0.811. The number of rotatable bonds is 6. The number of urea groups is 2. The molecule has 3 radical (unpaired) electrons. The quantitative estimate of drug-likeness (QED) is 0.0907. The maximum Gasteiger partial charge on any atom is 0.409 e. The fourth-order valence-electron chi connectivity index (χ4n) is 1.68. The summed E-state index contributed by atoms with van der Waals surface area (Å²) in [7, 11) is 18.8. The van der Waals surface area contributed by atoms with E-state index in [0.29, 0.717) is 12.2 Å². The van der Waals surface area contributed by atoms with Crippen molar-refractivity contribution in [1.82, 2.24) is 30.2 Å². The predicted molar refractivity (Wildman–Crippen MR) is 211 cm³/mol. The van der Waals surface area contributed by atoms with Crippen LogP contribution in [0, 0.1) is 25.0 Å². The largest absolute Gasteiger partial charge is 0.665 e. The first-order valence-electron chi connectivity index (χ1n) is 15.2. The maximum absolute atomic E-state index is 11.1. The topological polar surface area (TPSA) is 225 Å². The third kappa shape index (κ3) is 87.2. The molecule has 0 unspecified atom stereocenters. The molecule has 325 valence electrons. The molecular formula is C35H62ClN7O11Y3-6. The summed E-state index contributed by atoms with van der Waals surface area (Å²) in [6.07, 6.45) is 2.38. The zero-order valence-electron chi connectivity index (χ0n) is 36.8. The van der Waals surface area contributed by atoms with E-state index < -0.39 is 5.43 Å². The molecule has 0 heterocycles. The number of carbonyl (C=O) groups excluding carboxylic acids is 7. The summed E-state index contributed by atoms with van der Waals surface area (Å²) in [5, 5.41) is 12.5. The summed E-state index contributed by atoms with van der Waals surface area (Å²) in [5.74, 6) is 0.468. The summed E-state index contributed by atoms with van der Waals surface area (Å²) in [4.78, 5) is 85.1. The van der Waals surface area contributed by atoms with Gasteiger partial charge in [-0.2, -0.15) is 47.8 Å². The number of isocyanates is 1. The standard InChI is InChI=1S/C8H7ClO2.2C7H15N2O.C4H10N.C2H3NO.C2H7N.C2H3O2.C2HO2.CHO2.3Y/c1-6-2-4-7(5-3-6)11-8(9)10;2*1-6(2)9(5)7(10)8(3)4;1-4(2)5-3;1-3-2-4;1-3-2;1-4-2-3;3-1-2-4;2-1-3;;;/h2-5H,1H3;2*1-5H3;5H,1-3H3;1H3;3H,1-2H3;1H3;1H;(H,2,3);;;/q;3*-1;;;3*-1;;;. The Balaban J connectivity index is -0.0000000482. The number of ether oxygens (including phenoxy) is 2. The van der Waals surface area contributed by atoms with Crippen molar-refractivity contribution in [3.05, 3.63) is 48.0 Å². The SMILES string of the molecule is CN=C=O.CNC.CN[C-](C)C.CO[C-]=O.C[C-](C)N(C)C(=O)N(C)C.C[C-](C)N(C)C(=O)N(C)C.Cc1ccc(OC(=O)Cl)cc1.O=[C-]C=O.O=[C-]O.[Y].[Y].[Y]. The second-order valence-electron chi connectivity index (χ2n) is 10.2. The van der Waals surface area contributed by atoms with Crippen molar-refractivity contribution < 1.29 is 151 Å². The third-order valence-electron chi connectivity index (χ3n) is 4.62. The van der Waals surface area contributed by atoms with Gasteiger partial charge in [0.25, 0.3) is 12.1 Å². The molecule has 0 aromatic heterocycles. The van der Waals surface area contributed by atoms with Gasteiger partial charge in [-0.25, -0.2) is 26.7 Å². The van der Waals surface area contributed by atoms with E-state index in [4.69, 9.17) is 40.7 Å². The van der Waals surface area contributed by atoms with Crippen LogP contribution in [0.3, 0.4) is 0 Å². The number of benzene rings is 1. The second-order valence-corrected chi connectivity index (χ2v) is 10.5. The van der Waals surface area contributed by atoms with Crippen LogP contribution >= 0.6 is 11.6 Å². The summed E-state index contributed by atoms with van der Waals surface area (Å²) >= 11 is 4.99. The molecule has 1 aromatic carbocycles. The van der Waals surface area contributed by atoms with E-state index in [1.165, 1.54) is 32.8 Å². The summed E-state index contributed by atoms with van der Waals surface area (Å²) in [6.45, 7) is 15.3. The number of nitrogens with one attached hydrogen (secondary N) is 2. The summed E-state index contributed by atoms with van der Waals surface area (Å²) in [6, 6.07) is 10.3. The number of aliphatic hydroxyl groups excluding tert-OH is 1. The van der Waals surface area contributed by atoms with Gasteiger partial charge in [0.2, 0.25) is 6.08 Å². The molecule has 0 saturated carbocycles. The Bertz CT molecular complexity index is 1070. The molecule has 0 fully saturated rings. The van der Waals surface area contributed by atoms with Gasteiger partial charge in [-0.15, -0.1) is 0 Å². The maximum atomic E-state index is 11.1. The number of aryl methyl sites for hydroxylation is 1. The van der Waals surface area contributed by atoms with Gasteiger partial charge in [0.15, 0.2) is 0 Å². The number of hydrogen-bond donors (Lipinski definition) is 3. The monoisotopic (exact) mass is 1060 g/mol. The smallest absolute Gasteiger partial charge is 0.409 e. The molecular weight excluding hydrogens is 997 g/mol. The van der Waals surface area contributed by atoms with Crippen LogP contribution in [-0.4, -0.2) is 151 Å². The van der Waals surface area contributed by atoms with Crippen molar-refractivity contribution in [2.45, 2.75) is 48.5 Å². The van der Waals surface area contributed by atoms with E-state index in [0.717, 1.165) is 23.9 Å². The van der Waals surface area contributed by atoms with Crippen LogP contribution in [0.25, 0.3) is 0 Å². The fraction of sp³-hybridized carbons (Fsp3) is 0.514. The first-order valence-corrected chi connectivity index (χ1v) is 15.5. The Kier molecular flexibility index (Phi) is 96.6. The molecule has 0 bridgehead atoms. The molecule has 0 saturated heterocycles. The molecule has 0 atom stereocenters. The van der Waals surface area contributed by atoms with Crippen molar-refractivity contribution in [2.75, 3.05) is 77.6 Å². The van der Waals surface area contributed by atoms with E-state index in [2.05, 4.69) is 25.1 Å². The Morgan fingerprint density at radius 1 is 0.825 bits per heavy atom. The Morgan fingerprint density at radius 3 is 1.18 bits per heavy atom. The summed E-state index contributed by atoms with van der Waals surface area (Å²) < 4.78 is 8.33. The molecule has 57 heavy (non-hydrogen) atoms. The van der Waals surface area contributed by atoms with Gasteiger partial charge in [0.1, 0.15) is 5.75 Å². The van der Waals surface area contributed by atoms with Gasteiger partial charge in [-0.05, 0) is 54.3 Å². The zero-order chi connectivity index (χ0) is 44.8. The van der Waals surface area contributed by atoms with Gasteiger partial charge < -0.3 is 64.0 Å². The number of halogens is 1. The van der Waals surface area contributed by atoms with Gasteiger partial charge in [0.05, 0.1) is 0 Å². The van der Waals surface area contributed by atoms with Crippen molar-refractivity contribution in [2.24, 2.45) is 4.99 Å². The zero-order valence-corrected chi connectivity index (χ0v) is 46.0. The number of aliphatic imine (C=N–C) groups is 1. The van der Waals surface area contributed by atoms with Crippen LogP contribution in [0.2, 0.25) is 0 Å². The number of nitrogens with zero attached hydrogens (tertiary/aromatic N) is 5. The molecule has 0 aliphatic rings. The average Bonchev–Trinajstić information content (AvgIpc) is 3.12. The van der Waals surface area contributed by atoms with Crippen molar-refractivity contribution in [3.63, 3.8) is 0 Å². The molecule has 22 heteroatoms. The van der Waals surface area contributed by atoms with Crippen LogP contribution in [0.15, 0.2) is 29.3 Å². The molecule has 0 aliphatic carbocycles. The molecule has 0 aliphatic heterocycles. The van der Waals surface area contributed by atoms with E-state index in [1.54, 1.807) is 74.0 Å². The van der Waals surface area contributed by atoms with Crippen molar-refractivity contribution in [1.29, 1.82) is 0 Å². The Labute approximate surface area is 422 Å². The molecule has 1 aromatic rings. The number of carbonyl (C=O) groups is 4. The van der Waals surface area contributed by atoms with E-state index in [9.17, 15) is 14.4 Å². The molecule has 3 N–H and O–H groups in total. The van der Waals surface area contributed by atoms with Gasteiger partial charge in [-0.1, -0.05) is 30.6 Å². The predicted octanol–water partition coefficient (Wildman–Crippen LogP) is 4.24. The normalized spacial score (nSPS) is 7.61. The molecule has 0 spiro atoms. The first kappa shape index (κ1) is 83.2. The molecule has 4 amide bonds. The van der Waals surface area contributed by atoms with Crippen molar-refractivity contribution >= 4 is 60.7 Å². The number of amides is 4. The number of aldehydes is 1. The third-order valence-corrected chi connectivity index (χ3v) is 4.70. The molecule has 1 rings (SSSR count). The minimum absolute atomic E-state index is 0. The second kappa shape index (κ2) is 66.2. The van der Waals surface area contributed by atoms with E-state index >= 15 is 0 Å². The van der Waals surface area contributed by atoms with Gasteiger partial charge >= 0.3 is 5.43 Å². The van der Waals surface area contributed by atoms with Crippen molar-refractivity contribution in [3.8, 4) is 5.75 Å². The van der Waals surface area contributed by atoms with Gasteiger partial charge in [-0.3, -0.25) is 15.6 Å². The minimum Gasteiger partial charge on any atom is -0.665 e. The van der Waals surface area contributed by atoms with E-state index in [-0.39, 0.29) is 116 Å². The van der Waals surface area contributed by atoms with Crippen LogP contribution < -0.4 is 15.4 Å². The van der Waals surface area contributed by atoms with E-state index in [1.807, 2.05) is 81.7 Å². The molecule has 18 nitrogen and oxygen atoms in total. The number of methoxy groups -OCH3 is 1. The van der Waals surface area contributed by atoms with Crippen LogP contribution in [0.5, 0.6) is 5.75 Å². The fourth-order valence-corrected chi connectivity index (χ4v) is 1.77. The average molecular weight is 1060 g/mol.